The van der Waals surface area contributed by atoms with Crippen LogP contribution in [0.1, 0.15) is 47.8 Å². The zero-order valence-electron chi connectivity index (χ0n) is 12.7. The van der Waals surface area contributed by atoms with E-state index in [1.807, 2.05) is 0 Å². The van der Waals surface area contributed by atoms with E-state index < -0.39 is 0 Å². The summed E-state index contributed by atoms with van der Waals surface area (Å²) >= 11 is 0. The number of hydrogen-bond donors (Lipinski definition) is 0. The molecule has 2 aliphatic rings. The summed E-state index contributed by atoms with van der Waals surface area (Å²) in [7, 11) is 0. The van der Waals surface area contributed by atoms with Crippen molar-refractivity contribution in [2.75, 3.05) is 13.1 Å². The average molecular weight is 314 g/mol. The van der Waals surface area contributed by atoms with Gasteiger partial charge in [0.2, 0.25) is 5.88 Å². The summed E-state index contributed by atoms with van der Waals surface area (Å²) in [6.07, 6.45) is 8.75. The van der Waals surface area contributed by atoms with Crippen LogP contribution in [-0.2, 0) is 0 Å². The minimum atomic E-state index is -0.0897. The third-order valence-corrected chi connectivity index (χ3v) is 4.22. The Bertz CT molecular complexity index is 684. The quantitative estimate of drug-likeness (QED) is 0.859. The van der Waals surface area contributed by atoms with Gasteiger partial charge in [0.15, 0.2) is 5.69 Å². The summed E-state index contributed by atoms with van der Waals surface area (Å²) in [5.41, 5.74) is 0.395. The molecule has 1 saturated heterocycles. The van der Waals surface area contributed by atoms with Gasteiger partial charge in [0.05, 0.1) is 12.7 Å². The molecule has 2 aromatic rings. The number of aromatic nitrogens is 3. The second-order valence-electron chi connectivity index (χ2n) is 6.07. The van der Waals surface area contributed by atoms with Crippen molar-refractivity contribution in [3.05, 3.63) is 36.1 Å². The summed E-state index contributed by atoms with van der Waals surface area (Å²) in [4.78, 5) is 22.5. The number of amides is 1. The van der Waals surface area contributed by atoms with Crippen LogP contribution in [0.15, 0.2) is 29.2 Å². The molecule has 7 heteroatoms. The Balaban J connectivity index is 1.40. The van der Waals surface area contributed by atoms with Gasteiger partial charge in [-0.3, -0.25) is 9.78 Å². The highest BCUT2D eigenvalue weighted by Gasteiger charge is 2.31. The maximum absolute atomic E-state index is 12.6. The molecule has 23 heavy (non-hydrogen) atoms. The second kappa shape index (κ2) is 5.98. The van der Waals surface area contributed by atoms with Gasteiger partial charge in [-0.1, -0.05) is 5.16 Å². The molecule has 0 spiro atoms. The average Bonchev–Trinajstić information content (AvgIpc) is 3.33. The molecule has 2 fully saturated rings. The monoisotopic (exact) mass is 314 g/mol. The van der Waals surface area contributed by atoms with Gasteiger partial charge in [-0.2, -0.15) is 0 Å². The predicted octanol–water partition coefficient (Wildman–Crippen LogP) is 2.03. The predicted molar refractivity (Wildman–Crippen MR) is 80.1 cm³/mol. The van der Waals surface area contributed by atoms with Crippen molar-refractivity contribution in [3.8, 4) is 5.88 Å². The van der Waals surface area contributed by atoms with Crippen LogP contribution in [0.2, 0.25) is 0 Å². The molecule has 1 unspecified atom stereocenters. The zero-order chi connectivity index (χ0) is 15.6. The highest BCUT2D eigenvalue weighted by molar-refractivity contribution is 5.92. The van der Waals surface area contributed by atoms with Gasteiger partial charge in [0.1, 0.15) is 11.9 Å². The molecule has 120 valence electrons. The van der Waals surface area contributed by atoms with Crippen molar-refractivity contribution in [1.82, 2.24) is 20.0 Å². The van der Waals surface area contributed by atoms with Gasteiger partial charge in [0.25, 0.3) is 5.91 Å². The molecule has 0 N–H and O–H groups in total. The molecule has 4 rings (SSSR count). The van der Waals surface area contributed by atoms with Crippen molar-refractivity contribution < 1.29 is 14.1 Å². The molecule has 3 heterocycles. The van der Waals surface area contributed by atoms with E-state index in [0.717, 1.165) is 31.4 Å². The van der Waals surface area contributed by atoms with Gasteiger partial charge in [-0.05, 0) is 25.7 Å². The van der Waals surface area contributed by atoms with Crippen molar-refractivity contribution in [3.63, 3.8) is 0 Å². The molecule has 0 aromatic carbocycles. The molecule has 1 saturated carbocycles. The lowest BCUT2D eigenvalue weighted by atomic mass is 10.1. The van der Waals surface area contributed by atoms with Crippen LogP contribution in [0.25, 0.3) is 0 Å². The summed E-state index contributed by atoms with van der Waals surface area (Å²) in [6, 6.07) is 1.78. The number of nitrogens with zero attached hydrogens (tertiary/aromatic N) is 4. The first-order chi connectivity index (χ1) is 11.3. The van der Waals surface area contributed by atoms with Crippen molar-refractivity contribution in [2.45, 2.75) is 37.7 Å². The summed E-state index contributed by atoms with van der Waals surface area (Å²) in [6.45, 7) is 1.24. The van der Waals surface area contributed by atoms with Crippen molar-refractivity contribution >= 4 is 5.91 Å². The van der Waals surface area contributed by atoms with Crippen LogP contribution < -0.4 is 4.74 Å². The molecule has 1 atom stereocenters. The maximum atomic E-state index is 12.6. The van der Waals surface area contributed by atoms with Crippen molar-refractivity contribution in [1.29, 1.82) is 0 Å². The van der Waals surface area contributed by atoms with E-state index in [4.69, 9.17) is 9.26 Å². The molecule has 0 radical (unpaired) electrons. The number of hydrogen-bond acceptors (Lipinski definition) is 6. The Labute approximate surface area is 133 Å². The van der Waals surface area contributed by atoms with Crippen LogP contribution >= 0.6 is 0 Å². The number of carbonyl (C=O) groups is 1. The van der Waals surface area contributed by atoms with E-state index in [9.17, 15) is 4.79 Å². The Morgan fingerprint density at radius 1 is 1.30 bits per heavy atom. The van der Waals surface area contributed by atoms with Gasteiger partial charge in [0, 0.05) is 30.9 Å². The molecule has 0 bridgehead atoms. The summed E-state index contributed by atoms with van der Waals surface area (Å²) in [5.74, 6) is 1.69. The molecule has 2 aromatic heterocycles. The third kappa shape index (κ3) is 3.18. The number of likely N-dealkylation sites (tertiary alicyclic amines) is 1. The fraction of sp³-hybridized carbons (Fsp3) is 0.500. The first kappa shape index (κ1) is 14.2. The standard InChI is InChI=1S/C16H18N4O3/c21-16(13-8-14(23-19-13)11-3-4-11)20-7-1-2-12(10-20)22-15-9-17-5-6-18-15/h5-6,8-9,11-12H,1-4,7,10H2. The normalized spacial score (nSPS) is 21.2. The fourth-order valence-electron chi connectivity index (χ4n) is 2.85. The lowest BCUT2D eigenvalue weighted by Gasteiger charge is -2.32. The van der Waals surface area contributed by atoms with Crippen LogP contribution in [0, 0.1) is 0 Å². The Morgan fingerprint density at radius 2 is 2.22 bits per heavy atom. The molecule has 1 amide bonds. The van der Waals surface area contributed by atoms with Crippen LogP contribution in [0.4, 0.5) is 0 Å². The van der Waals surface area contributed by atoms with Gasteiger partial charge in [-0.25, -0.2) is 4.98 Å². The van der Waals surface area contributed by atoms with E-state index in [1.54, 1.807) is 29.6 Å². The third-order valence-electron chi connectivity index (χ3n) is 4.22. The van der Waals surface area contributed by atoms with Gasteiger partial charge >= 0.3 is 0 Å². The van der Waals surface area contributed by atoms with Gasteiger partial charge < -0.3 is 14.2 Å². The van der Waals surface area contributed by atoms with Crippen LogP contribution in [-0.4, -0.2) is 45.1 Å². The smallest absolute Gasteiger partial charge is 0.276 e. The van der Waals surface area contributed by atoms with E-state index in [1.165, 1.54) is 0 Å². The number of rotatable bonds is 4. The summed E-state index contributed by atoms with van der Waals surface area (Å²) < 4.78 is 11.1. The highest BCUT2D eigenvalue weighted by Crippen LogP contribution is 2.40. The Hall–Kier alpha value is -2.44. The second-order valence-corrected chi connectivity index (χ2v) is 6.07. The summed E-state index contributed by atoms with van der Waals surface area (Å²) in [5, 5.41) is 3.93. The lowest BCUT2D eigenvalue weighted by molar-refractivity contribution is 0.0518. The zero-order valence-corrected chi connectivity index (χ0v) is 12.7. The number of piperidine rings is 1. The topological polar surface area (TPSA) is 81.4 Å². The Morgan fingerprint density at radius 3 is 3.00 bits per heavy atom. The highest BCUT2D eigenvalue weighted by atomic mass is 16.5. The van der Waals surface area contributed by atoms with Crippen LogP contribution in [0.5, 0.6) is 5.88 Å². The molecular formula is C16H18N4O3. The van der Waals surface area contributed by atoms with E-state index >= 15 is 0 Å². The fourth-order valence-corrected chi connectivity index (χ4v) is 2.85. The van der Waals surface area contributed by atoms with Crippen LogP contribution in [0.3, 0.4) is 0 Å². The van der Waals surface area contributed by atoms with Gasteiger partial charge in [-0.15, -0.1) is 0 Å². The molecule has 7 nitrogen and oxygen atoms in total. The van der Waals surface area contributed by atoms with E-state index in [-0.39, 0.29) is 12.0 Å². The first-order valence-electron chi connectivity index (χ1n) is 7.98. The number of ether oxygens (including phenoxy) is 1. The van der Waals surface area contributed by atoms with Crippen molar-refractivity contribution in [2.24, 2.45) is 0 Å². The van der Waals surface area contributed by atoms with E-state index in [0.29, 0.717) is 30.6 Å². The maximum Gasteiger partial charge on any atom is 0.276 e. The minimum absolute atomic E-state index is 0.0702. The largest absolute Gasteiger partial charge is 0.471 e. The Kier molecular flexibility index (Phi) is 3.69. The molecule has 1 aliphatic carbocycles. The lowest BCUT2D eigenvalue weighted by Crippen LogP contribution is -2.44. The van der Waals surface area contributed by atoms with E-state index in [2.05, 4.69) is 15.1 Å². The SMILES string of the molecule is O=C(c1cc(C2CC2)on1)N1CCCC(Oc2cnccn2)C1. The minimum Gasteiger partial charge on any atom is -0.471 e. The number of carbonyl (C=O) groups excluding carboxylic acids is 1. The first-order valence-corrected chi connectivity index (χ1v) is 7.98. The molecular weight excluding hydrogens is 296 g/mol. The molecule has 1 aliphatic heterocycles.